The third-order valence-electron chi connectivity index (χ3n) is 6.69. The van der Waals surface area contributed by atoms with Gasteiger partial charge in [0.2, 0.25) is 5.91 Å². The highest BCUT2D eigenvalue weighted by Gasteiger charge is 2.27. The number of benzene rings is 3. The monoisotopic (exact) mass is 420 g/mol. The second-order valence-electron chi connectivity index (χ2n) is 8.79. The van der Waals surface area contributed by atoms with E-state index < -0.39 is 0 Å². The Morgan fingerprint density at radius 1 is 0.875 bits per heavy atom. The molecule has 0 radical (unpaired) electrons. The van der Waals surface area contributed by atoms with E-state index in [2.05, 4.69) is 77.0 Å². The summed E-state index contributed by atoms with van der Waals surface area (Å²) in [6, 6.07) is 29.1. The van der Waals surface area contributed by atoms with Gasteiger partial charge in [-0.3, -0.25) is 4.79 Å². The maximum atomic E-state index is 13.3. The first-order valence-corrected chi connectivity index (χ1v) is 11.6. The first kappa shape index (κ1) is 20.4. The van der Waals surface area contributed by atoms with E-state index in [-0.39, 0.29) is 11.8 Å². The minimum absolute atomic E-state index is 0.0357. The van der Waals surface area contributed by atoms with Crippen LogP contribution >= 0.6 is 0 Å². The molecule has 3 nitrogen and oxygen atoms in total. The zero-order valence-corrected chi connectivity index (χ0v) is 18.2. The standard InChI is InChI=1S/C29H28N2O/c32-29(31-28-14-5-6-19-30-28)27(20-21-8-1-2-9-21)24-17-15-23(16-18-24)26-13-7-11-22-10-3-4-12-25(22)26/h3-7,10-19,21,27H,1-2,8-9,20H2,(H,30,31,32). The maximum absolute atomic E-state index is 13.3. The Morgan fingerprint density at radius 2 is 1.62 bits per heavy atom. The van der Waals surface area contributed by atoms with Crippen LogP contribution in [0.2, 0.25) is 0 Å². The van der Waals surface area contributed by atoms with Crippen LogP contribution in [0.3, 0.4) is 0 Å². The minimum atomic E-state index is -0.165. The average Bonchev–Trinajstić information content (AvgIpc) is 3.36. The third-order valence-corrected chi connectivity index (χ3v) is 6.69. The van der Waals surface area contributed by atoms with Crippen LogP contribution in [-0.4, -0.2) is 10.9 Å². The second-order valence-corrected chi connectivity index (χ2v) is 8.79. The van der Waals surface area contributed by atoms with Gasteiger partial charge < -0.3 is 5.32 Å². The van der Waals surface area contributed by atoms with Crippen LogP contribution in [-0.2, 0) is 4.79 Å². The Labute approximate surface area is 189 Å². The zero-order chi connectivity index (χ0) is 21.8. The second kappa shape index (κ2) is 9.35. The van der Waals surface area contributed by atoms with Crippen LogP contribution in [0.25, 0.3) is 21.9 Å². The van der Waals surface area contributed by atoms with Crippen molar-refractivity contribution in [2.45, 2.75) is 38.0 Å². The van der Waals surface area contributed by atoms with Gasteiger partial charge in [-0.25, -0.2) is 4.98 Å². The van der Waals surface area contributed by atoms with Gasteiger partial charge in [-0.15, -0.1) is 0 Å². The van der Waals surface area contributed by atoms with E-state index in [4.69, 9.17) is 0 Å². The molecule has 5 rings (SSSR count). The van der Waals surface area contributed by atoms with Crippen LogP contribution in [0.4, 0.5) is 5.82 Å². The molecule has 3 aromatic carbocycles. The van der Waals surface area contributed by atoms with Gasteiger partial charge in [-0.1, -0.05) is 98.5 Å². The highest BCUT2D eigenvalue weighted by Crippen LogP contribution is 2.36. The lowest BCUT2D eigenvalue weighted by Crippen LogP contribution is -2.23. The summed E-state index contributed by atoms with van der Waals surface area (Å²) in [5, 5.41) is 5.52. The molecule has 0 spiro atoms. The Kier molecular flexibility index (Phi) is 5.98. The Morgan fingerprint density at radius 3 is 2.41 bits per heavy atom. The third kappa shape index (κ3) is 4.43. The van der Waals surface area contributed by atoms with E-state index in [1.165, 1.54) is 47.6 Å². The molecule has 3 heteroatoms. The van der Waals surface area contributed by atoms with Crippen LogP contribution in [0.1, 0.15) is 43.6 Å². The summed E-state index contributed by atoms with van der Waals surface area (Å²) in [6.07, 6.45) is 7.61. The Hall–Kier alpha value is -3.46. The van der Waals surface area contributed by atoms with Crippen molar-refractivity contribution in [3.8, 4) is 11.1 Å². The highest BCUT2D eigenvalue weighted by atomic mass is 16.1. The van der Waals surface area contributed by atoms with Crippen molar-refractivity contribution in [2.75, 3.05) is 5.32 Å². The molecule has 1 N–H and O–H groups in total. The van der Waals surface area contributed by atoms with Crippen LogP contribution < -0.4 is 5.32 Å². The number of pyridine rings is 1. The average molecular weight is 421 g/mol. The molecule has 32 heavy (non-hydrogen) atoms. The summed E-state index contributed by atoms with van der Waals surface area (Å²) in [6.45, 7) is 0. The lowest BCUT2D eigenvalue weighted by Gasteiger charge is -2.21. The lowest BCUT2D eigenvalue weighted by molar-refractivity contribution is -0.118. The number of nitrogens with zero attached hydrogens (tertiary/aromatic N) is 1. The largest absolute Gasteiger partial charge is 0.310 e. The number of carbonyl (C=O) groups is 1. The highest BCUT2D eigenvalue weighted by molar-refractivity contribution is 5.97. The molecular formula is C29H28N2O. The van der Waals surface area contributed by atoms with Crippen molar-refractivity contribution in [3.63, 3.8) is 0 Å². The van der Waals surface area contributed by atoms with Crippen molar-refractivity contribution >= 4 is 22.5 Å². The van der Waals surface area contributed by atoms with Crippen LogP contribution in [0.15, 0.2) is 91.1 Å². The predicted octanol–water partition coefficient (Wildman–Crippen LogP) is 7.20. The fraction of sp³-hybridized carbons (Fsp3) is 0.241. The van der Waals surface area contributed by atoms with Crippen molar-refractivity contribution in [1.29, 1.82) is 0 Å². The quantitative estimate of drug-likeness (QED) is 0.358. The van der Waals surface area contributed by atoms with Gasteiger partial charge in [0.1, 0.15) is 5.82 Å². The fourth-order valence-corrected chi connectivity index (χ4v) is 5.00. The molecule has 1 aromatic heterocycles. The number of carbonyl (C=O) groups excluding carboxylic acids is 1. The summed E-state index contributed by atoms with van der Waals surface area (Å²) in [7, 11) is 0. The molecule has 1 fully saturated rings. The molecule has 0 saturated heterocycles. The van der Waals surface area contributed by atoms with Crippen LogP contribution in [0.5, 0.6) is 0 Å². The molecule has 1 aliphatic rings. The molecule has 1 atom stereocenters. The fourth-order valence-electron chi connectivity index (χ4n) is 5.00. The summed E-state index contributed by atoms with van der Waals surface area (Å²) in [5.41, 5.74) is 3.48. The van der Waals surface area contributed by atoms with E-state index >= 15 is 0 Å². The van der Waals surface area contributed by atoms with E-state index in [1.807, 2.05) is 18.2 Å². The number of amides is 1. The van der Waals surface area contributed by atoms with E-state index in [0.29, 0.717) is 11.7 Å². The van der Waals surface area contributed by atoms with E-state index in [0.717, 1.165) is 12.0 Å². The molecule has 1 saturated carbocycles. The number of rotatable bonds is 6. The summed E-state index contributed by atoms with van der Waals surface area (Å²) in [5.74, 6) is 1.10. The Balaban J connectivity index is 1.43. The van der Waals surface area contributed by atoms with Gasteiger partial charge in [-0.2, -0.15) is 0 Å². The van der Waals surface area contributed by atoms with Crippen LogP contribution in [0, 0.1) is 5.92 Å². The molecule has 160 valence electrons. The minimum Gasteiger partial charge on any atom is -0.310 e. The van der Waals surface area contributed by atoms with Gasteiger partial charge in [0, 0.05) is 6.20 Å². The summed E-state index contributed by atoms with van der Waals surface area (Å²) in [4.78, 5) is 17.6. The zero-order valence-electron chi connectivity index (χ0n) is 18.2. The van der Waals surface area contributed by atoms with Crippen molar-refractivity contribution < 1.29 is 4.79 Å². The Bertz CT molecular complexity index is 1190. The molecular weight excluding hydrogens is 392 g/mol. The first-order valence-electron chi connectivity index (χ1n) is 11.6. The van der Waals surface area contributed by atoms with Gasteiger partial charge in [-0.05, 0) is 51.9 Å². The first-order chi connectivity index (χ1) is 15.8. The topological polar surface area (TPSA) is 42.0 Å². The van der Waals surface area contributed by atoms with E-state index in [9.17, 15) is 4.79 Å². The van der Waals surface area contributed by atoms with Crippen molar-refractivity contribution in [1.82, 2.24) is 4.98 Å². The number of fused-ring (bicyclic) bond motifs is 1. The van der Waals surface area contributed by atoms with Gasteiger partial charge >= 0.3 is 0 Å². The summed E-state index contributed by atoms with van der Waals surface area (Å²) >= 11 is 0. The van der Waals surface area contributed by atoms with Gasteiger partial charge in [0.05, 0.1) is 5.92 Å². The van der Waals surface area contributed by atoms with Crippen molar-refractivity contribution in [3.05, 3.63) is 96.7 Å². The predicted molar refractivity (Wildman–Crippen MR) is 132 cm³/mol. The maximum Gasteiger partial charge on any atom is 0.233 e. The normalized spacial score (nSPS) is 15.0. The SMILES string of the molecule is O=C(Nc1ccccn1)C(CC1CCCC1)c1ccc(-c2cccc3ccccc23)cc1. The summed E-state index contributed by atoms with van der Waals surface area (Å²) < 4.78 is 0. The number of anilines is 1. The molecule has 1 heterocycles. The molecule has 4 aromatic rings. The number of hydrogen-bond donors (Lipinski definition) is 1. The van der Waals surface area contributed by atoms with E-state index in [1.54, 1.807) is 6.20 Å². The lowest BCUT2D eigenvalue weighted by atomic mass is 9.86. The molecule has 1 amide bonds. The molecule has 1 unspecified atom stereocenters. The molecule has 1 aliphatic carbocycles. The molecule has 0 aliphatic heterocycles. The van der Waals surface area contributed by atoms with Crippen molar-refractivity contribution in [2.24, 2.45) is 5.92 Å². The van der Waals surface area contributed by atoms with Gasteiger partial charge in [0.25, 0.3) is 0 Å². The number of nitrogens with one attached hydrogen (secondary N) is 1. The number of aromatic nitrogens is 1. The number of hydrogen-bond acceptors (Lipinski definition) is 2. The van der Waals surface area contributed by atoms with Gasteiger partial charge in [0.15, 0.2) is 0 Å². The smallest absolute Gasteiger partial charge is 0.233 e. The molecule has 0 bridgehead atoms.